The van der Waals surface area contributed by atoms with E-state index in [-0.39, 0.29) is 16.8 Å². The van der Waals surface area contributed by atoms with E-state index in [1.54, 1.807) is 0 Å². The molecule has 1 aromatic rings. The molecule has 2 amide bonds. The van der Waals surface area contributed by atoms with Crippen molar-refractivity contribution in [1.82, 2.24) is 10.6 Å². The number of rotatable bonds is 2. The Morgan fingerprint density at radius 3 is 2.29 bits per heavy atom. The molecule has 1 aliphatic heterocycles. The fraction of sp³-hybridized carbons (Fsp3) is 0.231. The summed E-state index contributed by atoms with van der Waals surface area (Å²) in [4.78, 5) is 22.7. The monoisotopic (exact) mass is 300 g/mol. The van der Waals surface area contributed by atoms with Gasteiger partial charge in [-0.2, -0.15) is 13.2 Å². The molecule has 112 valence electrons. The number of carboxylic acid groups (broad SMARTS) is 1. The summed E-state index contributed by atoms with van der Waals surface area (Å²) in [5.41, 5.74) is -0.552. The van der Waals surface area contributed by atoms with Crippen molar-refractivity contribution in [3.05, 3.63) is 46.7 Å². The average molecular weight is 300 g/mol. The van der Waals surface area contributed by atoms with Crippen molar-refractivity contribution in [1.29, 1.82) is 0 Å². The van der Waals surface area contributed by atoms with Gasteiger partial charge in [-0.25, -0.2) is 9.59 Å². The van der Waals surface area contributed by atoms with Crippen LogP contribution in [0.1, 0.15) is 24.1 Å². The zero-order valence-electron chi connectivity index (χ0n) is 10.8. The van der Waals surface area contributed by atoms with Crippen LogP contribution in [0.15, 0.2) is 35.5 Å². The van der Waals surface area contributed by atoms with E-state index in [0.29, 0.717) is 0 Å². The van der Waals surface area contributed by atoms with E-state index < -0.39 is 29.8 Å². The van der Waals surface area contributed by atoms with E-state index in [1.807, 2.05) is 0 Å². The van der Waals surface area contributed by atoms with Crippen LogP contribution in [0.3, 0.4) is 0 Å². The van der Waals surface area contributed by atoms with E-state index in [1.165, 1.54) is 6.92 Å². The molecule has 0 radical (unpaired) electrons. The van der Waals surface area contributed by atoms with Gasteiger partial charge >= 0.3 is 18.2 Å². The summed E-state index contributed by atoms with van der Waals surface area (Å²) in [5, 5.41) is 13.9. The Labute approximate surface area is 117 Å². The number of aliphatic carboxylic acids is 1. The zero-order chi connectivity index (χ0) is 15.8. The van der Waals surface area contributed by atoms with Gasteiger partial charge in [0.25, 0.3) is 0 Å². The van der Waals surface area contributed by atoms with Crippen LogP contribution in [0.25, 0.3) is 0 Å². The predicted molar refractivity (Wildman–Crippen MR) is 66.2 cm³/mol. The lowest BCUT2D eigenvalue weighted by atomic mass is 9.95. The Kier molecular flexibility index (Phi) is 3.63. The second-order valence-electron chi connectivity index (χ2n) is 4.50. The van der Waals surface area contributed by atoms with E-state index in [9.17, 15) is 27.9 Å². The summed E-state index contributed by atoms with van der Waals surface area (Å²) in [6.07, 6.45) is -4.47. The van der Waals surface area contributed by atoms with Crippen molar-refractivity contribution >= 4 is 12.0 Å². The first-order chi connectivity index (χ1) is 9.70. The second-order valence-corrected chi connectivity index (χ2v) is 4.50. The minimum atomic E-state index is -4.47. The minimum absolute atomic E-state index is 0.116. The number of carbonyl (C=O) groups excluding carboxylic acids is 1. The smallest absolute Gasteiger partial charge is 0.416 e. The van der Waals surface area contributed by atoms with Gasteiger partial charge in [0.1, 0.15) is 0 Å². The molecule has 1 atom stereocenters. The molecule has 1 aliphatic rings. The van der Waals surface area contributed by atoms with Gasteiger partial charge in [0, 0.05) is 5.70 Å². The van der Waals surface area contributed by atoms with Crippen LogP contribution >= 0.6 is 0 Å². The maximum Gasteiger partial charge on any atom is 0.416 e. The van der Waals surface area contributed by atoms with Gasteiger partial charge in [-0.3, -0.25) is 0 Å². The molecule has 0 saturated carbocycles. The van der Waals surface area contributed by atoms with E-state index >= 15 is 0 Å². The van der Waals surface area contributed by atoms with Crippen molar-refractivity contribution in [3.8, 4) is 0 Å². The summed E-state index contributed by atoms with van der Waals surface area (Å²) in [6.45, 7) is 1.42. The number of benzene rings is 1. The first-order valence-electron chi connectivity index (χ1n) is 5.89. The van der Waals surface area contributed by atoms with Gasteiger partial charge < -0.3 is 15.7 Å². The highest BCUT2D eigenvalue weighted by molar-refractivity contribution is 5.93. The van der Waals surface area contributed by atoms with Crippen LogP contribution in [-0.2, 0) is 11.0 Å². The molecule has 1 heterocycles. The quantitative estimate of drug-likeness (QED) is 0.785. The predicted octanol–water partition coefficient (Wildman–Crippen LogP) is 2.42. The van der Waals surface area contributed by atoms with Gasteiger partial charge in [-0.05, 0) is 24.6 Å². The first kappa shape index (κ1) is 14.9. The highest BCUT2D eigenvalue weighted by Crippen LogP contribution is 2.32. The molecular formula is C13H11F3N2O3. The van der Waals surface area contributed by atoms with Crippen molar-refractivity contribution in [2.45, 2.75) is 19.1 Å². The van der Waals surface area contributed by atoms with E-state index in [2.05, 4.69) is 10.6 Å². The third-order valence-electron chi connectivity index (χ3n) is 3.07. The minimum Gasteiger partial charge on any atom is -0.478 e. The summed E-state index contributed by atoms with van der Waals surface area (Å²) in [6, 6.07) is 2.38. The van der Waals surface area contributed by atoms with Crippen molar-refractivity contribution in [2.75, 3.05) is 0 Å². The number of carbonyl (C=O) groups is 2. The Morgan fingerprint density at radius 2 is 1.81 bits per heavy atom. The molecule has 21 heavy (non-hydrogen) atoms. The summed E-state index contributed by atoms with van der Waals surface area (Å²) in [7, 11) is 0. The van der Waals surface area contributed by atoms with Gasteiger partial charge in [-0.15, -0.1) is 0 Å². The van der Waals surface area contributed by atoms with Crippen molar-refractivity contribution in [2.24, 2.45) is 0 Å². The number of hydrogen-bond donors (Lipinski definition) is 3. The fourth-order valence-electron chi connectivity index (χ4n) is 2.09. The van der Waals surface area contributed by atoms with E-state index in [0.717, 1.165) is 24.3 Å². The molecule has 3 N–H and O–H groups in total. The van der Waals surface area contributed by atoms with E-state index in [4.69, 9.17) is 0 Å². The molecule has 2 rings (SSSR count). The number of amides is 2. The standard InChI is InChI=1S/C13H11F3N2O3/c1-6-9(11(19)20)10(18-12(21)17-6)7-2-4-8(5-3-7)13(14,15)16/h2-5,10H,1H3,(H,19,20)(H2,17,18,21)/t10-/m1/s1. The number of halogens is 3. The highest BCUT2D eigenvalue weighted by atomic mass is 19.4. The maximum atomic E-state index is 12.5. The molecule has 0 fully saturated rings. The summed E-state index contributed by atoms with van der Waals surface area (Å²) < 4.78 is 37.5. The Morgan fingerprint density at radius 1 is 1.24 bits per heavy atom. The van der Waals surface area contributed by atoms with Gasteiger partial charge in [0.05, 0.1) is 17.2 Å². The topological polar surface area (TPSA) is 78.4 Å². The highest BCUT2D eigenvalue weighted by Gasteiger charge is 2.33. The average Bonchev–Trinajstić information content (AvgIpc) is 2.36. The van der Waals surface area contributed by atoms with Gasteiger partial charge in [0.15, 0.2) is 0 Å². The van der Waals surface area contributed by atoms with Crippen LogP contribution < -0.4 is 10.6 Å². The zero-order valence-corrected chi connectivity index (χ0v) is 10.8. The Hall–Kier alpha value is -2.51. The largest absolute Gasteiger partial charge is 0.478 e. The van der Waals surface area contributed by atoms with Crippen LogP contribution in [0.4, 0.5) is 18.0 Å². The summed E-state index contributed by atoms with van der Waals surface area (Å²) in [5.74, 6) is -1.26. The van der Waals surface area contributed by atoms with Crippen LogP contribution in [0.2, 0.25) is 0 Å². The Balaban J connectivity index is 2.42. The lowest BCUT2D eigenvalue weighted by Gasteiger charge is -2.27. The Bertz CT molecular complexity index is 621. The molecule has 1 aromatic carbocycles. The lowest BCUT2D eigenvalue weighted by molar-refractivity contribution is -0.137. The molecule has 0 saturated heterocycles. The number of alkyl halides is 3. The van der Waals surface area contributed by atoms with Gasteiger partial charge in [-0.1, -0.05) is 12.1 Å². The fourth-order valence-corrected chi connectivity index (χ4v) is 2.09. The number of urea groups is 1. The summed E-state index contributed by atoms with van der Waals surface area (Å²) >= 11 is 0. The molecule has 0 spiro atoms. The van der Waals surface area contributed by atoms with Crippen molar-refractivity contribution < 1.29 is 27.9 Å². The molecule has 0 aromatic heterocycles. The number of carboxylic acids is 1. The molecule has 0 aliphatic carbocycles. The molecule has 8 heteroatoms. The molecule has 0 unspecified atom stereocenters. The molecule has 5 nitrogen and oxygen atoms in total. The van der Waals surface area contributed by atoms with Crippen LogP contribution in [0, 0.1) is 0 Å². The second kappa shape index (κ2) is 5.12. The molecule has 0 bridgehead atoms. The number of hydrogen-bond acceptors (Lipinski definition) is 2. The first-order valence-corrected chi connectivity index (χ1v) is 5.89. The molecular weight excluding hydrogens is 289 g/mol. The SMILES string of the molecule is CC1=C(C(=O)O)[C@@H](c2ccc(C(F)(F)F)cc2)NC(=O)N1. The van der Waals surface area contributed by atoms with Gasteiger partial charge in [0.2, 0.25) is 0 Å². The normalized spacial score (nSPS) is 19.0. The van der Waals surface area contributed by atoms with Crippen molar-refractivity contribution in [3.63, 3.8) is 0 Å². The maximum absolute atomic E-state index is 12.5. The lowest BCUT2D eigenvalue weighted by Crippen LogP contribution is -2.45. The number of nitrogens with one attached hydrogen (secondary N) is 2. The third kappa shape index (κ3) is 2.99. The third-order valence-corrected chi connectivity index (χ3v) is 3.07. The van der Waals surface area contributed by atoms with Crippen LogP contribution in [-0.4, -0.2) is 17.1 Å². The number of allylic oxidation sites excluding steroid dienone is 1. The van der Waals surface area contributed by atoms with Crippen LogP contribution in [0.5, 0.6) is 0 Å².